The molecule has 0 amide bonds. The maximum atomic E-state index is 4.27. The fraction of sp³-hybridized carbons (Fsp3) is 0.643. The molecule has 0 aliphatic heterocycles. The number of hydrogen-bond acceptors (Lipinski definition) is 2. The van der Waals surface area contributed by atoms with Crippen LogP contribution in [-0.4, -0.2) is 17.6 Å². The average molecular weight is 299 g/mol. The average Bonchev–Trinajstić information content (AvgIpc) is 2.29. The Morgan fingerprint density at radius 2 is 1.88 bits per heavy atom. The van der Waals surface area contributed by atoms with Crippen molar-refractivity contribution in [2.45, 2.75) is 46.6 Å². The van der Waals surface area contributed by atoms with Crippen LogP contribution in [0.2, 0.25) is 0 Å². The summed E-state index contributed by atoms with van der Waals surface area (Å²) in [6.45, 7) is 10.1. The number of aromatic nitrogens is 1. The summed E-state index contributed by atoms with van der Waals surface area (Å²) in [6, 6.07) is 2.77. The van der Waals surface area contributed by atoms with E-state index in [2.05, 4.69) is 59.6 Å². The van der Waals surface area contributed by atoms with Crippen LogP contribution in [0.4, 0.5) is 5.69 Å². The molecule has 1 aromatic heterocycles. The number of nitrogens with zero attached hydrogens (tertiary/aromatic N) is 2. The molecule has 0 bridgehead atoms. The minimum absolute atomic E-state index is 0.605. The summed E-state index contributed by atoms with van der Waals surface area (Å²) in [7, 11) is 0. The minimum Gasteiger partial charge on any atom is -0.367 e. The Morgan fingerprint density at radius 1 is 1.24 bits per heavy atom. The lowest BCUT2D eigenvalue weighted by Gasteiger charge is -2.34. The molecular formula is C14H23BrN2. The third kappa shape index (κ3) is 4.30. The van der Waals surface area contributed by atoms with Crippen LogP contribution in [-0.2, 0) is 0 Å². The lowest BCUT2D eigenvalue weighted by molar-refractivity contribution is 0.507. The molecule has 0 N–H and O–H groups in total. The van der Waals surface area contributed by atoms with Crippen molar-refractivity contribution in [3.05, 3.63) is 22.9 Å². The van der Waals surface area contributed by atoms with Crippen LogP contribution in [0.25, 0.3) is 0 Å². The fourth-order valence-electron chi connectivity index (χ4n) is 2.15. The Kier molecular flexibility index (Phi) is 5.96. The van der Waals surface area contributed by atoms with Crippen molar-refractivity contribution >= 4 is 21.6 Å². The van der Waals surface area contributed by atoms with Gasteiger partial charge in [-0.1, -0.05) is 27.7 Å². The normalized spacial score (nSPS) is 11.2. The molecule has 1 rings (SSSR count). The highest BCUT2D eigenvalue weighted by Crippen LogP contribution is 2.23. The number of pyridine rings is 1. The van der Waals surface area contributed by atoms with Crippen LogP contribution in [0.5, 0.6) is 0 Å². The zero-order valence-corrected chi connectivity index (χ0v) is 12.9. The van der Waals surface area contributed by atoms with Gasteiger partial charge in [0.05, 0.1) is 11.9 Å². The van der Waals surface area contributed by atoms with E-state index in [-0.39, 0.29) is 0 Å². The van der Waals surface area contributed by atoms with Gasteiger partial charge in [0.25, 0.3) is 0 Å². The number of halogens is 1. The van der Waals surface area contributed by atoms with E-state index in [0.29, 0.717) is 12.0 Å². The van der Waals surface area contributed by atoms with Crippen molar-refractivity contribution in [3.63, 3.8) is 0 Å². The number of hydrogen-bond donors (Lipinski definition) is 0. The van der Waals surface area contributed by atoms with Gasteiger partial charge in [0, 0.05) is 23.3 Å². The lowest BCUT2D eigenvalue weighted by atomic mass is 10.1. The van der Waals surface area contributed by atoms with E-state index in [0.717, 1.165) is 11.0 Å². The molecule has 0 saturated heterocycles. The minimum atomic E-state index is 0.605. The van der Waals surface area contributed by atoms with Crippen molar-refractivity contribution in [3.8, 4) is 0 Å². The van der Waals surface area contributed by atoms with Gasteiger partial charge < -0.3 is 4.90 Å². The highest BCUT2D eigenvalue weighted by Gasteiger charge is 2.17. The van der Waals surface area contributed by atoms with Gasteiger partial charge in [0.15, 0.2) is 0 Å². The van der Waals surface area contributed by atoms with Crippen molar-refractivity contribution in [1.82, 2.24) is 4.98 Å². The van der Waals surface area contributed by atoms with E-state index in [1.807, 2.05) is 12.4 Å². The van der Waals surface area contributed by atoms with E-state index in [1.54, 1.807) is 0 Å². The highest BCUT2D eigenvalue weighted by atomic mass is 79.9. The topological polar surface area (TPSA) is 16.1 Å². The van der Waals surface area contributed by atoms with Crippen LogP contribution in [0.1, 0.15) is 40.5 Å². The molecule has 96 valence electrons. The van der Waals surface area contributed by atoms with Gasteiger partial charge in [-0.3, -0.25) is 4.98 Å². The molecule has 0 unspecified atom stereocenters. The smallest absolute Gasteiger partial charge is 0.0566 e. The lowest BCUT2D eigenvalue weighted by Crippen LogP contribution is -2.37. The van der Waals surface area contributed by atoms with Gasteiger partial charge in [-0.05, 0) is 40.8 Å². The fourth-order valence-corrected chi connectivity index (χ4v) is 2.50. The summed E-state index contributed by atoms with van der Waals surface area (Å²) in [5, 5.41) is 0. The summed E-state index contributed by atoms with van der Waals surface area (Å²) in [5.41, 5.74) is 1.22. The Morgan fingerprint density at radius 3 is 2.35 bits per heavy atom. The predicted molar refractivity (Wildman–Crippen MR) is 78.5 cm³/mol. The van der Waals surface area contributed by atoms with Gasteiger partial charge in [-0.15, -0.1) is 0 Å². The Labute approximate surface area is 114 Å². The molecule has 0 aromatic carbocycles. The van der Waals surface area contributed by atoms with Crippen LogP contribution in [0.3, 0.4) is 0 Å². The van der Waals surface area contributed by atoms with E-state index in [4.69, 9.17) is 0 Å². The Bertz CT molecular complexity index is 335. The standard InChI is InChI=1S/C14H23BrN2/c1-5-13(6-2)17(10-11(3)4)14-7-12(15)8-16-9-14/h7-9,11,13H,5-6,10H2,1-4H3. The molecule has 0 radical (unpaired) electrons. The van der Waals surface area contributed by atoms with Crippen molar-refractivity contribution in [2.75, 3.05) is 11.4 Å². The molecule has 1 aromatic rings. The van der Waals surface area contributed by atoms with Gasteiger partial charge in [0.1, 0.15) is 0 Å². The van der Waals surface area contributed by atoms with Crippen LogP contribution in [0.15, 0.2) is 22.9 Å². The van der Waals surface area contributed by atoms with Gasteiger partial charge in [-0.2, -0.15) is 0 Å². The molecule has 0 fully saturated rings. The first-order valence-corrected chi connectivity index (χ1v) is 7.24. The second-order valence-corrected chi connectivity index (χ2v) is 5.79. The molecule has 3 heteroatoms. The van der Waals surface area contributed by atoms with Crippen molar-refractivity contribution in [1.29, 1.82) is 0 Å². The van der Waals surface area contributed by atoms with E-state index < -0.39 is 0 Å². The second-order valence-electron chi connectivity index (χ2n) is 4.88. The highest BCUT2D eigenvalue weighted by molar-refractivity contribution is 9.10. The first-order valence-electron chi connectivity index (χ1n) is 6.45. The Hall–Kier alpha value is -0.570. The van der Waals surface area contributed by atoms with Gasteiger partial charge in [-0.25, -0.2) is 0 Å². The molecule has 0 saturated carbocycles. The number of rotatable bonds is 6. The van der Waals surface area contributed by atoms with Crippen LogP contribution < -0.4 is 4.90 Å². The maximum absolute atomic E-state index is 4.27. The number of anilines is 1. The zero-order chi connectivity index (χ0) is 12.8. The molecule has 0 spiro atoms. The van der Waals surface area contributed by atoms with Crippen LogP contribution >= 0.6 is 15.9 Å². The van der Waals surface area contributed by atoms with E-state index in [1.165, 1.54) is 18.5 Å². The van der Waals surface area contributed by atoms with Gasteiger partial charge in [0.2, 0.25) is 0 Å². The first kappa shape index (κ1) is 14.5. The molecular weight excluding hydrogens is 276 g/mol. The predicted octanol–water partition coefficient (Wildman–Crippen LogP) is 4.50. The van der Waals surface area contributed by atoms with Gasteiger partial charge >= 0.3 is 0 Å². The van der Waals surface area contributed by atoms with Crippen molar-refractivity contribution in [2.24, 2.45) is 5.92 Å². The molecule has 17 heavy (non-hydrogen) atoms. The molecule has 0 atom stereocenters. The monoisotopic (exact) mass is 298 g/mol. The quantitative estimate of drug-likeness (QED) is 0.769. The van der Waals surface area contributed by atoms with E-state index >= 15 is 0 Å². The maximum Gasteiger partial charge on any atom is 0.0566 e. The zero-order valence-electron chi connectivity index (χ0n) is 11.3. The van der Waals surface area contributed by atoms with E-state index in [9.17, 15) is 0 Å². The summed E-state index contributed by atoms with van der Waals surface area (Å²) >= 11 is 3.50. The third-order valence-corrected chi connectivity index (χ3v) is 3.40. The molecule has 1 heterocycles. The summed E-state index contributed by atoms with van der Waals surface area (Å²) in [5.74, 6) is 0.662. The molecule has 0 aliphatic carbocycles. The molecule has 2 nitrogen and oxygen atoms in total. The summed E-state index contributed by atoms with van der Waals surface area (Å²) in [4.78, 5) is 6.76. The first-order chi connectivity index (χ1) is 8.08. The van der Waals surface area contributed by atoms with Crippen LogP contribution in [0, 0.1) is 5.92 Å². The largest absolute Gasteiger partial charge is 0.367 e. The second kappa shape index (κ2) is 7.00. The molecule has 0 aliphatic rings. The van der Waals surface area contributed by atoms with Crippen molar-refractivity contribution < 1.29 is 0 Å². The summed E-state index contributed by atoms with van der Waals surface area (Å²) in [6.07, 6.45) is 6.15. The SMILES string of the molecule is CCC(CC)N(CC(C)C)c1cncc(Br)c1. The third-order valence-electron chi connectivity index (χ3n) is 2.97. The summed E-state index contributed by atoms with van der Waals surface area (Å²) < 4.78 is 1.05. The Balaban J connectivity index is 2.96.